The average molecular weight is 554 g/mol. The number of unbranched alkanes of at least 4 members (excludes halogenated alkanes) is 3. The predicted octanol–water partition coefficient (Wildman–Crippen LogP) is 4.14. The van der Waals surface area contributed by atoms with Crippen LogP contribution in [0.4, 0.5) is 0 Å². The maximum atomic E-state index is 13.3. The van der Waals surface area contributed by atoms with Gasteiger partial charge in [-0.25, -0.2) is 5.01 Å². The third-order valence-corrected chi connectivity index (χ3v) is 8.07. The van der Waals surface area contributed by atoms with Crippen LogP contribution in [0, 0.1) is 11.8 Å². The maximum absolute atomic E-state index is 13.3. The Labute approximate surface area is 236 Å². The Morgan fingerprint density at radius 2 is 1.75 bits per heavy atom. The van der Waals surface area contributed by atoms with Crippen LogP contribution in [0.1, 0.15) is 74.2 Å². The highest BCUT2D eigenvalue weighted by atomic mass is 16.5. The number of hydrogen-bond acceptors (Lipinski definition) is 8. The van der Waals surface area contributed by atoms with Crippen molar-refractivity contribution in [1.82, 2.24) is 10.3 Å². The van der Waals surface area contributed by atoms with Gasteiger partial charge in [0.25, 0.3) is 0 Å². The van der Waals surface area contributed by atoms with Crippen molar-refractivity contribution in [3.05, 3.63) is 53.1 Å². The number of aromatic hydroxyl groups is 1. The number of benzene rings is 2. The van der Waals surface area contributed by atoms with Crippen LogP contribution in [0.25, 0.3) is 0 Å². The maximum Gasteiger partial charge on any atom is 0.246 e. The van der Waals surface area contributed by atoms with Crippen LogP contribution in [0.15, 0.2) is 41.5 Å². The van der Waals surface area contributed by atoms with Crippen molar-refractivity contribution in [3.63, 3.8) is 0 Å². The minimum Gasteiger partial charge on any atom is -0.508 e. The van der Waals surface area contributed by atoms with Crippen molar-refractivity contribution in [1.29, 1.82) is 0 Å². The normalized spacial score (nSPS) is 19.6. The summed E-state index contributed by atoms with van der Waals surface area (Å²) in [5.74, 6) is 1.66. The fraction of sp³-hybridized carbons (Fsp3) is 0.548. The van der Waals surface area contributed by atoms with Gasteiger partial charge in [-0.05, 0) is 68.1 Å². The second-order valence-corrected chi connectivity index (χ2v) is 10.7. The van der Waals surface area contributed by atoms with Crippen LogP contribution in [-0.2, 0) is 11.4 Å². The first-order valence-corrected chi connectivity index (χ1v) is 14.4. The number of nitrogens with one attached hydrogen (secondary N) is 1. The van der Waals surface area contributed by atoms with Crippen LogP contribution >= 0.6 is 0 Å². The average Bonchev–Trinajstić information content (AvgIpc) is 2.99. The summed E-state index contributed by atoms with van der Waals surface area (Å²) in [6, 6.07) is 10.7. The van der Waals surface area contributed by atoms with E-state index < -0.39 is 6.10 Å². The van der Waals surface area contributed by atoms with E-state index >= 15 is 0 Å². The number of rotatable bonds is 14. The highest BCUT2D eigenvalue weighted by Crippen LogP contribution is 2.39. The molecule has 2 aliphatic rings. The van der Waals surface area contributed by atoms with Gasteiger partial charge in [-0.3, -0.25) is 4.79 Å². The highest BCUT2D eigenvalue weighted by Gasteiger charge is 2.41. The van der Waals surface area contributed by atoms with E-state index in [-0.39, 0.29) is 30.1 Å². The van der Waals surface area contributed by atoms with Crippen LogP contribution in [0.3, 0.4) is 0 Å². The summed E-state index contributed by atoms with van der Waals surface area (Å²) in [4.78, 5) is 13.3. The number of aliphatic hydroxyl groups excluding tert-OH is 2. The summed E-state index contributed by atoms with van der Waals surface area (Å²) < 4.78 is 10.9. The second-order valence-electron chi connectivity index (χ2n) is 10.7. The van der Waals surface area contributed by atoms with Crippen molar-refractivity contribution < 1.29 is 29.6 Å². The molecule has 1 amide bonds. The summed E-state index contributed by atoms with van der Waals surface area (Å²) in [7, 11) is 3.25. The molecule has 1 aliphatic heterocycles. The van der Waals surface area contributed by atoms with Crippen molar-refractivity contribution >= 4 is 11.6 Å². The molecule has 0 aromatic heterocycles. The molecule has 40 heavy (non-hydrogen) atoms. The lowest BCUT2D eigenvalue weighted by molar-refractivity contribution is -0.139. The molecular weight excluding hydrogens is 510 g/mol. The molecule has 0 spiro atoms. The number of carbonyl (C=O) groups is 1. The van der Waals surface area contributed by atoms with E-state index in [0.717, 1.165) is 69.2 Å². The largest absolute Gasteiger partial charge is 0.508 e. The Kier molecular flexibility index (Phi) is 10.8. The third kappa shape index (κ3) is 7.13. The lowest BCUT2D eigenvalue weighted by Gasteiger charge is -2.38. The standard InChI is InChI=1S/C31H43N3O6/c1-39-28-14-12-22(18-29(28)40-2)30-24-9-5-6-10-25(24)31(38)34(33-30)16-8-4-3-7-15-32-19-27(37)21-11-13-26(36)23(17-21)20-35/h11-14,17-18,24-25,27,32,35-37H,3-10,15-16,19-20H2,1-2H3/t24-,25+,27?/m0/s1. The Morgan fingerprint density at radius 3 is 2.50 bits per heavy atom. The third-order valence-electron chi connectivity index (χ3n) is 8.07. The topological polar surface area (TPSA) is 124 Å². The number of methoxy groups -OCH3 is 2. The molecule has 1 fully saturated rings. The van der Waals surface area contributed by atoms with Crippen molar-refractivity contribution in [2.75, 3.05) is 33.9 Å². The van der Waals surface area contributed by atoms with Crippen molar-refractivity contribution in [2.24, 2.45) is 16.9 Å². The first-order chi connectivity index (χ1) is 19.5. The zero-order valence-electron chi connectivity index (χ0n) is 23.6. The Hall–Kier alpha value is -3.14. The zero-order valence-corrected chi connectivity index (χ0v) is 23.6. The molecule has 1 unspecified atom stereocenters. The molecule has 9 nitrogen and oxygen atoms in total. The smallest absolute Gasteiger partial charge is 0.246 e. The number of ether oxygens (including phenoxy) is 2. The zero-order chi connectivity index (χ0) is 28.5. The van der Waals surface area contributed by atoms with Gasteiger partial charge in [-0.2, -0.15) is 5.10 Å². The van der Waals surface area contributed by atoms with Gasteiger partial charge in [0.15, 0.2) is 11.5 Å². The van der Waals surface area contributed by atoms with Crippen LogP contribution in [-0.4, -0.2) is 65.8 Å². The van der Waals surface area contributed by atoms with E-state index in [2.05, 4.69) is 5.32 Å². The number of hydrogen-bond donors (Lipinski definition) is 4. The quantitative estimate of drug-likeness (QED) is 0.259. The molecule has 2 aromatic rings. The first kappa shape index (κ1) is 29.8. The molecular formula is C31H43N3O6. The molecule has 4 rings (SSSR count). The summed E-state index contributed by atoms with van der Waals surface area (Å²) in [6.45, 7) is 1.51. The van der Waals surface area contributed by atoms with Crippen LogP contribution < -0.4 is 14.8 Å². The van der Waals surface area contributed by atoms with E-state index in [4.69, 9.17) is 14.6 Å². The molecule has 0 radical (unpaired) electrons. The Morgan fingerprint density at radius 1 is 1.00 bits per heavy atom. The SMILES string of the molecule is COc1ccc(C2=NN(CCCCCCNCC(O)c3ccc(O)c(CO)c3)C(=O)[C@@H]3CCCC[C@H]23)cc1OC. The number of phenols is 1. The summed E-state index contributed by atoms with van der Waals surface area (Å²) in [6.07, 6.45) is 7.22. The lowest BCUT2D eigenvalue weighted by atomic mass is 9.73. The summed E-state index contributed by atoms with van der Waals surface area (Å²) >= 11 is 0. The Bertz CT molecular complexity index is 1170. The summed E-state index contributed by atoms with van der Waals surface area (Å²) in [5.41, 5.74) is 3.03. The first-order valence-electron chi connectivity index (χ1n) is 14.4. The van der Waals surface area contributed by atoms with Gasteiger partial charge in [0.1, 0.15) is 5.75 Å². The van der Waals surface area contributed by atoms with Crippen LogP contribution in [0.2, 0.25) is 0 Å². The molecule has 4 N–H and O–H groups in total. The molecule has 1 aliphatic carbocycles. The number of aliphatic hydroxyl groups is 2. The van der Waals surface area contributed by atoms with Gasteiger partial charge >= 0.3 is 0 Å². The number of fused-ring (bicyclic) bond motifs is 1. The predicted molar refractivity (Wildman–Crippen MR) is 154 cm³/mol. The van der Waals surface area contributed by atoms with Gasteiger partial charge in [0, 0.05) is 36.1 Å². The van der Waals surface area contributed by atoms with Gasteiger partial charge in [-0.15, -0.1) is 0 Å². The summed E-state index contributed by atoms with van der Waals surface area (Å²) in [5, 5.41) is 39.3. The van der Waals surface area contributed by atoms with Gasteiger partial charge in [0.05, 0.1) is 32.6 Å². The van der Waals surface area contributed by atoms with Crippen molar-refractivity contribution in [2.45, 2.75) is 64.1 Å². The van der Waals surface area contributed by atoms with Crippen LogP contribution in [0.5, 0.6) is 17.2 Å². The molecule has 218 valence electrons. The fourth-order valence-corrected chi connectivity index (χ4v) is 5.79. The van der Waals surface area contributed by atoms with Crippen molar-refractivity contribution in [3.8, 4) is 17.2 Å². The number of amides is 1. The minimum absolute atomic E-state index is 0.00740. The molecule has 2 aromatic carbocycles. The number of nitrogens with zero attached hydrogens (tertiary/aromatic N) is 2. The molecule has 3 atom stereocenters. The second kappa shape index (κ2) is 14.5. The van der Waals surface area contributed by atoms with E-state index in [1.54, 1.807) is 31.4 Å². The van der Waals surface area contributed by atoms with E-state index in [1.807, 2.05) is 18.2 Å². The molecule has 0 saturated heterocycles. The lowest BCUT2D eigenvalue weighted by Crippen LogP contribution is -2.46. The molecule has 9 heteroatoms. The Balaban J connectivity index is 1.26. The van der Waals surface area contributed by atoms with E-state index in [1.165, 1.54) is 6.07 Å². The van der Waals surface area contributed by atoms with E-state index in [0.29, 0.717) is 35.7 Å². The molecule has 0 bridgehead atoms. The van der Waals surface area contributed by atoms with Gasteiger partial charge < -0.3 is 30.1 Å². The minimum atomic E-state index is -0.711. The van der Waals surface area contributed by atoms with Gasteiger partial charge in [0.2, 0.25) is 5.91 Å². The van der Waals surface area contributed by atoms with Gasteiger partial charge in [-0.1, -0.05) is 31.7 Å². The monoisotopic (exact) mass is 553 g/mol. The molecule has 1 heterocycles. The fourth-order valence-electron chi connectivity index (χ4n) is 5.79. The number of carbonyl (C=O) groups excluding carboxylic acids is 1. The van der Waals surface area contributed by atoms with E-state index in [9.17, 15) is 20.1 Å². The highest BCUT2D eigenvalue weighted by molar-refractivity contribution is 6.07. The molecule has 1 saturated carbocycles. The number of hydrazone groups is 1.